The van der Waals surface area contributed by atoms with E-state index in [9.17, 15) is 0 Å². The van der Waals surface area contributed by atoms with Crippen molar-refractivity contribution in [1.29, 1.82) is 0 Å². The van der Waals surface area contributed by atoms with Crippen LogP contribution in [0.3, 0.4) is 0 Å². The summed E-state index contributed by atoms with van der Waals surface area (Å²) < 4.78 is 1.12. The summed E-state index contributed by atoms with van der Waals surface area (Å²) in [6, 6.07) is 7.01. The van der Waals surface area contributed by atoms with Crippen LogP contribution in [0.15, 0.2) is 22.7 Å². The van der Waals surface area contributed by atoms with Gasteiger partial charge in [0.15, 0.2) is 0 Å². The molecule has 0 heterocycles. The van der Waals surface area contributed by atoms with Crippen molar-refractivity contribution < 1.29 is 0 Å². The van der Waals surface area contributed by atoms with Gasteiger partial charge in [-0.15, -0.1) is 0 Å². The van der Waals surface area contributed by atoms with Gasteiger partial charge in [-0.2, -0.15) is 0 Å². The van der Waals surface area contributed by atoms with Crippen molar-refractivity contribution >= 4 is 21.6 Å². The molecule has 2 atom stereocenters. The third kappa shape index (κ3) is 3.71. The summed E-state index contributed by atoms with van der Waals surface area (Å²) in [7, 11) is 2.14. The number of rotatable bonds is 5. The lowest BCUT2D eigenvalue weighted by Crippen LogP contribution is -2.28. The highest BCUT2D eigenvalue weighted by molar-refractivity contribution is 9.10. The highest BCUT2D eigenvalue weighted by Crippen LogP contribution is 2.30. The molecule has 3 heteroatoms. The quantitative estimate of drug-likeness (QED) is 0.887. The van der Waals surface area contributed by atoms with Gasteiger partial charge >= 0.3 is 0 Å². The summed E-state index contributed by atoms with van der Waals surface area (Å²) >= 11 is 3.64. The summed E-state index contributed by atoms with van der Waals surface area (Å²) in [5.41, 5.74) is 8.28. The minimum atomic E-state index is 0.0821. The van der Waals surface area contributed by atoms with Crippen molar-refractivity contribution in [2.75, 3.05) is 11.9 Å². The van der Waals surface area contributed by atoms with Gasteiger partial charge in [-0.1, -0.05) is 19.4 Å². The second kappa shape index (κ2) is 6.41. The van der Waals surface area contributed by atoms with E-state index in [4.69, 9.17) is 5.73 Å². The summed E-state index contributed by atoms with van der Waals surface area (Å²) in [4.78, 5) is 2.32. The molecule has 0 aromatic heterocycles. The number of hydrogen-bond donors (Lipinski definition) is 1. The largest absolute Gasteiger partial charge is 0.371 e. The van der Waals surface area contributed by atoms with Crippen LogP contribution in [0.25, 0.3) is 0 Å². The molecule has 1 rings (SSSR count). The highest BCUT2D eigenvalue weighted by atomic mass is 79.9. The third-order valence-corrected chi connectivity index (χ3v) is 3.88. The Morgan fingerprint density at radius 1 is 1.35 bits per heavy atom. The average molecular weight is 299 g/mol. The first kappa shape index (κ1) is 14.5. The highest BCUT2D eigenvalue weighted by Gasteiger charge is 2.13. The third-order valence-electron chi connectivity index (χ3n) is 3.25. The Morgan fingerprint density at radius 3 is 2.47 bits per heavy atom. The van der Waals surface area contributed by atoms with Crippen LogP contribution < -0.4 is 10.6 Å². The number of anilines is 1. The summed E-state index contributed by atoms with van der Waals surface area (Å²) in [5, 5.41) is 0. The molecule has 0 aliphatic carbocycles. The minimum absolute atomic E-state index is 0.0821. The van der Waals surface area contributed by atoms with Crippen molar-refractivity contribution in [2.45, 2.75) is 45.7 Å². The number of hydrogen-bond acceptors (Lipinski definition) is 2. The van der Waals surface area contributed by atoms with E-state index < -0.39 is 0 Å². The molecule has 0 saturated heterocycles. The molecule has 2 nitrogen and oxygen atoms in total. The number of nitrogens with two attached hydrogens (primary N) is 1. The van der Waals surface area contributed by atoms with Gasteiger partial charge in [0.25, 0.3) is 0 Å². The molecule has 0 fully saturated rings. The van der Waals surface area contributed by atoms with E-state index in [1.165, 1.54) is 18.5 Å². The van der Waals surface area contributed by atoms with Crippen LogP contribution in [0, 0.1) is 0 Å². The van der Waals surface area contributed by atoms with E-state index in [-0.39, 0.29) is 6.04 Å². The van der Waals surface area contributed by atoms with Crippen LogP contribution >= 0.6 is 15.9 Å². The lowest BCUT2D eigenvalue weighted by Gasteiger charge is -2.28. The smallest absolute Gasteiger partial charge is 0.0510 e. The normalized spacial score (nSPS) is 14.5. The Morgan fingerprint density at radius 2 is 2.00 bits per heavy atom. The maximum Gasteiger partial charge on any atom is 0.0510 e. The van der Waals surface area contributed by atoms with Crippen LogP contribution in [0.1, 0.15) is 45.2 Å². The Kier molecular flexibility index (Phi) is 5.47. The molecular weight excluding hydrogens is 276 g/mol. The fraction of sp³-hybridized carbons (Fsp3) is 0.571. The van der Waals surface area contributed by atoms with Gasteiger partial charge in [0.2, 0.25) is 0 Å². The van der Waals surface area contributed by atoms with Crippen molar-refractivity contribution in [3.8, 4) is 0 Å². The molecule has 1 aromatic rings. The van der Waals surface area contributed by atoms with Crippen molar-refractivity contribution in [2.24, 2.45) is 5.73 Å². The fourth-order valence-electron chi connectivity index (χ4n) is 1.94. The molecule has 2 N–H and O–H groups in total. The second-order valence-electron chi connectivity index (χ2n) is 4.75. The second-order valence-corrected chi connectivity index (χ2v) is 5.60. The van der Waals surface area contributed by atoms with E-state index in [1.807, 2.05) is 6.92 Å². The molecule has 96 valence electrons. The fourth-order valence-corrected chi connectivity index (χ4v) is 2.62. The average Bonchev–Trinajstić information content (AvgIpc) is 2.28. The van der Waals surface area contributed by atoms with E-state index in [1.54, 1.807) is 0 Å². The van der Waals surface area contributed by atoms with Gasteiger partial charge in [0, 0.05) is 23.6 Å². The van der Waals surface area contributed by atoms with Gasteiger partial charge in [-0.3, -0.25) is 0 Å². The molecule has 1 unspecified atom stereocenters. The zero-order chi connectivity index (χ0) is 13.0. The Hall–Kier alpha value is -0.540. The number of halogens is 1. The monoisotopic (exact) mass is 298 g/mol. The lowest BCUT2D eigenvalue weighted by molar-refractivity contribution is 0.615. The van der Waals surface area contributed by atoms with E-state index in [0.29, 0.717) is 6.04 Å². The zero-order valence-corrected chi connectivity index (χ0v) is 12.8. The molecule has 0 aliphatic heterocycles. The van der Waals surface area contributed by atoms with Crippen LogP contribution in [0.5, 0.6) is 0 Å². The molecule has 1 aromatic carbocycles. The van der Waals surface area contributed by atoms with E-state index in [2.05, 4.69) is 59.9 Å². The van der Waals surface area contributed by atoms with Crippen LogP contribution in [0.2, 0.25) is 0 Å². The molecule has 0 bridgehead atoms. The van der Waals surface area contributed by atoms with Crippen molar-refractivity contribution in [1.82, 2.24) is 0 Å². The van der Waals surface area contributed by atoms with Crippen LogP contribution in [0.4, 0.5) is 5.69 Å². The lowest BCUT2D eigenvalue weighted by atomic mass is 10.1. The summed E-state index contributed by atoms with van der Waals surface area (Å²) in [6.45, 7) is 6.48. The zero-order valence-electron chi connectivity index (χ0n) is 11.2. The maximum absolute atomic E-state index is 5.88. The molecular formula is C14H23BrN2. The minimum Gasteiger partial charge on any atom is -0.371 e. The first-order chi connectivity index (χ1) is 7.97. The molecule has 0 saturated carbocycles. The topological polar surface area (TPSA) is 29.3 Å². The first-order valence-corrected chi connectivity index (χ1v) is 7.04. The Balaban J connectivity index is 2.91. The van der Waals surface area contributed by atoms with Gasteiger partial charge in [-0.25, -0.2) is 0 Å². The molecule has 0 amide bonds. The SMILES string of the molecule is CCCC(C)N(C)c1ccc([C@@H](C)N)cc1Br. The van der Waals surface area contributed by atoms with Gasteiger partial charge in [0.1, 0.15) is 0 Å². The van der Waals surface area contributed by atoms with Gasteiger partial charge in [-0.05, 0) is 53.9 Å². The molecule has 0 aliphatic rings. The molecule has 0 radical (unpaired) electrons. The number of nitrogens with zero attached hydrogens (tertiary/aromatic N) is 1. The Bertz CT molecular complexity index is 363. The first-order valence-electron chi connectivity index (χ1n) is 6.25. The standard InChI is InChI=1S/C14H23BrN2/c1-5-6-10(2)17(4)14-8-7-12(11(3)16)9-13(14)15/h7-11H,5-6,16H2,1-4H3/t10?,11-/m1/s1. The van der Waals surface area contributed by atoms with E-state index in [0.717, 1.165) is 10.0 Å². The van der Waals surface area contributed by atoms with Crippen molar-refractivity contribution in [3.05, 3.63) is 28.2 Å². The maximum atomic E-state index is 5.88. The van der Waals surface area contributed by atoms with Crippen LogP contribution in [-0.2, 0) is 0 Å². The predicted molar refractivity (Wildman–Crippen MR) is 79.5 cm³/mol. The molecule has 0 spiro atoms. The van der Waals surface area contributed by atoms with Crippen molar-refractivity contribution in [3.63, 3.8) is 0 Å². The van der Waals surface area contributed by atoms with Gasteiger partial charge < -0.3 is 10.6 Å². The number of benzene rings is 1. The van der Waals surface area contributed by atoms with E-state index >= 15 is 0 Å². The molecule has 17 heavy (non-hydrogen) atoms. The summed E-state index contributed by atoms with van der Waals surface area (Å²) in [6.07, 6.45) is 2.42. The summed E-state index contributed by atoms with van der Waals surface area (Å²) in [5.74, 6) is 0. The van der Waals surface area contributed by atoms with Crippen LogP contribution in [-0.4, -0.2) is 13.1 Å². The predicted octanol–water partition coefficient (Wildman–Crippen LogP) is 4.09. The van der Waals surface area contributed by atoms with Gasteiger partial charge in [0.05, 0.1) is 5.69 Å². The Labute approximate surface area is 113 Å².